The Morgan fingerprint density at radius 2 is 1.64 bits per heavy atom. The molecule has 10 heteroatoms. The van der Waals surface area contributed by atoms with E-state index in [0.717, 1.165) is 17.4 Å². The Morgan fingerprint density at radius 3 is 2.33 bits per heavy atom. The first-order valence-corrected chi connectivity index (χ1v) is 9.80. The lowest BCUT2D eigenvalue weighted by molar-refractivity contribution is -0.126. The number of hydrogen-bond acceptors (Lipinski definition) is 4. The van der Waals surface area contributed by atoms with Crippen LogP contribution in [0.1, 0.15) is 21.7 Å². The summed E-state index contributed by atoms with van der Waals surface area (Å²) in [7, 11) is 0. The van der Waals surface area contributed by atoms with Gasteiger partial charge in [0.1, 0.15) is 0 Å². The summed E-state index contributed by atoms with van der Waals surface area (Å²) in [5, 5.41) is 4.20. The quantitative estimate of drug-likeness (QED) is 0.419. The number of anilines is 1. The van der Waals surface area contributed by atoms with E-state index in [4.69, 9.17) is 4.74 Å². The summed E-state index contributed by atoms with van der Waals surface area (Å²) >= 11 is 0. The third-order valence-electron chi connectivity index (χ3n) is 4.76. The molecule has 172 valence electrons. The minimum Gasteiger partial charge on any atom is -0.452 e. The molecule has 2 aromatic carbocycles. The zero-order valence-corrected chi connectivity index (χ0v) is 17.7. The summed E-state index contributed by atoms with van der Waals surface area (Å²) in [6, 6.07) is 12.5. The van der Waals surface area contributed by atoms with E-state index in [-0.39, 0.29) is 5.56 Å². The maximum absolute atomic E-state index is 13.6. The van der Waals surface area contributed by atoms with Crippen molar-refractivity contribution in [2.24, 2.45) is 0 Å². The predicted octanol–water partition coefficient (Wildman–Crippen LogP) is 3.42. The normalized spacial score (nSPS) is 10.6. The van der Waals surface area contributed by atoms with Crippen LogP contribution in [-0.2, 0) is 14.3 Å². The molecule has 0 aliphatic rings. The van der Waals surface area contributed by atoms with Crippen molar-refractivity contribution < 1.29 is 32.3 Å². The first kappa shape index (κ1) is 23.6. The predicted molar refractivity (Wildman–Crippen MR) is 113 cm³/mol. The zero-order chi connectivity index (χ0) is 24.1. The molecule has 0 atom stereocenters. The average Bonchev–Trinajstić information content (AvgIpc) is 3.10. The van der Waals surface area contributed by atoms with Crippen LogP contribution in [0.2, 0.25) is 0 Å². The van der Waals surface area contributed by atoms with E-state index in [1.54, 1.807) is 13.0 Å². The van der Waals surface area contributed by atoms with Gasteiger partial charge in [0.25, 0.3) is 5.91 Å². The molecular formula is C23H20F3N3O4. The minimum absolute atomic E-state index is 0.288. The summed E-state index contributed by atoms with van der Waals surface area (Å²) < 4.78 is 46.6. The van der Waals surface area contributed by atoms with Crippen LogP contribution in [0.3, 0.4) is 0 Å². The molecule has 2 amide bonds. The van der Waals surface area contributed by atoms with Crippen LogP contribution in [0.15, 0.2) is 48.5 Å². The summed E-state index contributed by atoms with van der Waals surface area (Å²) in [5.41, 5.74) is 2.02. The van der Waals surface area contributed by atoms with Crippen LogP contribution in [0.5, 0.6) is 0 Å². The highest BCUT2D eigenvalue weighted by Crippen LogP contribution is 2.21. The van der Waals surface area contributed by atoms with E-state index in [1.165, 1.54) is 0 Å². The van der Waals surface area contributed by atoms with Gasteiger partial charge in [-0.2, -0.15) is 0 Å². The van der Waals surface area contributed by atoms with Crippen molar-refractivity contribution in [1.29, 1.82) is 0 Å². The molecule has 0 radical (unpaired) electrons. The van der Waals surface area contributed by atoms with Crippen LogP contribution in [0.4, 0.5) is 18.9 Å². The number of esters is 1. The van der Waals surface area contributed by atoms with Crippen molar-refractivity contribution in [3.8, 4) is 5.69 Å². The van der Waals surface area contributed by atoms with E-state index < -0.39 is 54.1 Å². The summed E-state index contributed by atoms with van der Waals surface area (Å²) in [5.74, 6) is -7.06. The molecule has 1 heterocycles. The van der Waals surface area contributed by atoms with Gasteiger partial charge < -0.3 is 19.9 Å². The van der Waals surface area contributed by atoms with Gasteiger partial charge in [-0.3, -0.25) is 9.59 Å². The fourth-order valence-corrected chi connectivity index (χ4v) is 3.20. The maximum Gasteiger partial charge on any atom is 0.340 e. The second-order valence-electron chi connectivity index (χ2n) is 7.08. The Kier molecular flexibility index (Phi) is 7.17. The van der Waals surface area contributed by atoms with Gasteiger partial charge in [0.2, 0.25) is 5.91 Å². The molecular weight excluding hydrogens is 439 g/mol. The second kappa shape index (κ2) is 10.0. The number of aromatic nitrogens is 1. The molecule has 0 saturated carbocycles. The molecule has 3 aromatic rings. The van der Waals surface area contributed by atoms with Crippen molar-refractivity contribution in [1.82, 2.24) is 9.88 Å². The topological polar surface area (TPSA) is 89.4 Å². The van der Waals surface area contributed by atoms with Crippen LogP contribution in [0, 0.1) is 31.3 Å². The molecule has 0 unspecified atom stereocenters. The molecule has 0 saturated heterocycles. The molecule has 0 fully saturated rings. The van der Waals surface area contributed by atoms with Gasteiger partial charge in [-0.15, -0.1) is 0 Å². The maximum atomic E-state index is 13.6. The minimum atomic E-state index is -1.73. The Morgan fingerprint density at radius 1 is 0.939 bits per heavy atom. The Balaban J connectivity index is 1.53. The number of amides is 2. The lowest BCUT2D eigenvalue weighted by Crippen LogP contribution is -2.35. The van der Waals surface area contributed by atoms with E-state index in [9.17, 15) is 27.6 Å². The third-order valence-corrected chi connectivity index (χ3v) is 4.76. The fraction of sp³-hybridized carbons (Fsp3) is 0.174. The number of rotatable bonds is 7. The number of carbonyl (C=O) groups excluding carboxylic acids is 3. The SMILES string of the molecule is Cc1cc(C(=O)OCC(=O)NCC(=O)Nc2ccc(F)c(F)c2F)c(C)n1-c1ccccc1. The molecule has 0 aliphatic carbocycles. The Bertz CT molecular complexity index is 1210. The number of hydrogen-bond donors (Lipinski definition) is 2. The number of halogens is 3. The van der Waals surface area contributed by atoms with E-state index in [0.29, 0.717) is 11.8 Å². The van der Waals surface area contributed by atoms with E-state index >= 15 is 0 Å². The van der Waals surface area contributed by atoms with Gasteiger partial charge in [0, 0.05) is 17.1 Å². The number of nitrogens with one attached hydrogen (secondary N) is 2. The Labute approximate surface area is 187 Å². The number of nitrogens with zero attached hydrogens (tertiary/aromatic N) is 1. The lowest BCUT2D eigenvalue weighted by atomic mass is 10.2. The van der Waals surface area contributed by atoms with Crippen molar-refractivity contribution in [2.45, 2.75) is 13.8 Å². The van der Waals surface area contributed by atoms with Gasteiger partial charge >= 0.3 is 5.97 Å². The van der Waals surface area contributed by atoms with Gasteiger partial charge in [0.05, 0.1) is 17.8 Å². The smallest absolute Gasteiger partial charge is 0.340 e. The zero-order valence-electron chi connectivity index (χ0n) is 17.7. The van der Waals surface area contributed by atoms with Gasteiger partial charge in [-0.1, -0.05) is 18.2 Å². The van der Waals surface area contributed by atoms with Gasteiger partial charge in [-0.05, 0) is 44.2 Å². The first-order valence-electron chi connectivity index (χ1n) is 9.80. The number of para-hydroxylation sites is 1. The highest BCUT2D eigenvalue weighted by Gasteiger charge is 2.19. The molecule has 0 bridgehead atoms. The molecule has 3 rings (SSSR count). The molecule has 33 heavy (non-hydrogen) atoms. The summed E-state index contributed by atoms with van der Waals surface area (Å²) in [4.78, 5) is 36.2. The van der Waals surface area contributed by atoms with E-state index in [2.05, 4.69) is 5.32 Å². The molecule has 7 nitrogen and oxygen atoms in total. The third kappa shape index (κ3) is 5.40. The summed E-state index contributed by atoms with van der Waals surface area (Å²) in [6.45, 7) is 2.33. The van der Waals surface area contributed by atoms with Crippen LogP contribution >= 0.6 is 0 Å². The second-order valence-corrected chi connectivity index (χ2v) is 7.08. The largest absolute Gasteiger partial charge is 0.452 e. The van der Waals surface area contributed by atoms with Crippen LogP contribution < -0.4 is 10.6 Å². The Hall–Kier alpha value is -4.08. The van der Waals surface area contributed by atoms with Gasteiger partial charge in [-0.25, -0.2) is 18.0 Å². The lowest BCUT2D eigenvalue weighted by Gasteiger charge is -2.10. The van der Waals surface area contributed by atoms with Crippen molar-refractivity contribution in [3.05, 3.63) is 82.9 Å². The van der Waals surface area contributed by atoms with Crippen molar-refractivity contribution in [2.75, 3.05) is 18.5 Å². The number of aryl methyl sites for hydroxylation is 1. The van der Waals surface area contributed by atoms with Crippen LogP contribution in [-0.4, -0.2) is 35.5 Å². The monoisotopic (exact) mass is 459 g/mol. The van der Waals surface area contributed by atoms with E-state index in [1.807, 2.05) is 47.1 Å². The fourth-order valence-electron chi connectivity index (χ4n) is 3.20. The van der Waals surface area contributed by atoms with Crippen molar-refractivity contribution in [3.63, 3.8) is 0 Å². The number of ether oxygens (including phenoxy) is 1. The molecule has 2 N–H and O–H groups in total. The standard InChI is InChI=1S/C23H20F3N3O4/c1-13-10-16(14(2)29(13)15-6-4-3-5-7-15)23(32)33-12-20(31)27-11-19(30)28-18-9-8-17(24)21(25)22(18)26/h3-10H,11-12H2,1-2H3,(H,27,31)(H,28,30). The van der Waals surface area contributed by atoms with Gasteiger partial charge in [0.15, 0.2) is 24.1 Å². The summed E-state index contributed by atoms with van der Waals surface area (Å²) in [6.07, 6.45) is 0. The highest BCUT2D eigenvalue weighted by atomic mass is 19.2. The van der Waals surface area contributed by atoms with Crippen molar-refractivity contribution >= 4 is 23.5 Å². The molecule has 1 aromatic heterocycles. The number of carbonyl (C=O) groups is 3. The van der Waals surface area contributed by atoms with Crippen LogP contribution in [0.25, 0.3) is 5.69 Å². The molecule has 0 aliphatic heterocycles. The highest BCUT2D eigenvalue weighted by molar-refractivity contribution is 5.96. The number of benzene rings is 2. The first-order chi connectivity index (χ1) is 15.7. The average molecular weight is 459 g/mol. The molecule has 0 spiro atoms.